The molecule has 0 saturated heterocycles. The highest BCUT2D eigenvalue weighted by atomic mass is 16.5. The molecule has 2 aromatic carbocycles. The van der Waals surface area contributed by atoms with Crippen molar-refractivity contribution in [3.05, 3.63) is 54.1 Å². The van der Waals surface area contributed by atoms with Crippen LogP contribution in [0.4, 0.5) is 0 Å². The third-order valence-electron chi connectivity index (χ3n) is 2.96. The van der Waals surface area contributed by atoms with Gasteiger partial charge in [0.2, 0.25) is 0 Å². The van der Waals surface area contributed by atoms with E-state index in [1.165, 1.54) is 7.11 Å². The summed E-state index contributed by atoms with van der Waals surface area (Å²) in [6.07, 6.45) is 0. The molecule has 4 nitrogen and oxygen atoms in total. The molecule has 0 N–H and O–H groups in total. The molecule has 0 aliphatic rings. The lowest BCUT2D eigenvalue weighted by Crippen LogP contribution is -2.03. The third kappa shape index (κ3) is 1.87. The van der Waals surface area contributed by atoms with Crippen LogP contribution in [0, 0.1) is 0 Å². The Morgan fingerprint density at radius 3 is 2.68 bits per heavy atom. The number of benzene rings is 2. The van der Waals surface area contributed by atoms with Gasteiger partial charge in [0.05, 0.1) is 12.7 Å². The molecule has 1 heterocycles. The molecule has 94 valence electrons. The van der Waals surface area contributed by atoms with Crippen molar-refractivity contribution in [2.45, 2.75) is 0 Å². The second kappa shape index (κ2) is 4.57. The van der Waals surface area contributed by atoms with E-state index in [0.717, 1.165) is 5.39 Å². The molecule has 3 aromatic rings. The van der Waals surface area contributed by atoms with E-state index >= 15 is 0 Å². The Labute approximate surface area is 109 Å². The van der Waals surface area contributed by atoms with Crippen LogP contribution in [0.2, 0.25) is 0 Å². The van der Waals surface area contributed by atoms with Gasteiger partial charge in [0.1, 0.15) is 5.69 Å². The number of rotatable bonds is 2. The summed E-state index contributed by atoms with van der Waals surface area (Å²) in [4.78, 5) is 11.8. The highest BCUT2D eigenvalue weighted by Gasteiger charge is 2.17. The number of para-hydroxylation sites is 1. The maximum Gasteiger partial charge on any atom is 0.338 e. The predicted molar refractivity (Wildman–Crippen MR) is 70.8 cm³/mol. The first-order valence-electron chi connectivity index (χ1n) is 5.83. The van der Waals surface area contributed by atoms with Crippen LogP contribution >= 0.6 is 0 Å². The molecule has 0 aliphatic heterocycles. The van der Waals surface area contributed by atoms with E-state index < -0.39 is 0 Å². The number of ether oxygens (including phenoxy) is 1. The van der Waals surface area contributed by atoms with E-state index in [1.54, 1.807) is 12.1 Å². The summed E-state index contributed by atoms with van der Waals surface area (Å²) in [6.45, 7) is 0. The van der Waals surface area contributed by atoms with Crippen molar-refractivity contribution < 1.29 is 14.1 Å². The lowest BCUT2D eigenvalue weighted by Gasteiger charge is -2.04. The van der Waals surface area contributed by atoms with Gasteiger partial charge < -0.3 is 9.26 Å². The Bertz CT molecular complexity index is 746. The number of hydrogen-bond acceptors (Lipinski definition) is 4. The summed E-state index contributed by atoms with van der Waals surface area (Å²) >= 11 is 0. The molecular weight excluding hydrogens is 242 g/mol. The van der Waals surface area contributed by atoms with Crippen molar-refractivity contribution in [1.29, 1.82) is 0 Å². The number of nitrogens with zero attached hydrogens (tertiary/aromatic N) is 1. The van der Waals surface area contributed by atoms with Gasteiger partial charge in [0.25, 0.3) is 0 Å². The smallest absolute Gasteiger partial charge is 0.338 e. The van der Waals surface area contributed by atoms with Gasteiger partial charge in [-0.05, 0) is 18.2 Å². The molecule has 19 heavy (non-hydrogen) atoms. The first kappa shape index (κ1) is 11.5. The van der Waals surface area contributed by atoms with Crippen LogP contribution in [-0.4, -0.2) is 18.2 Å². The lowest BCUT2D eigenvalue weighted by molar-refractivity contribution is 0.0601. The zero-order valence-electron chi connectivity index (χ0n) is 10.3. The van der Waals surface area contributed by atoms with Crippen molar-refractivity contribution in [2.75, 3.05) is 7.11 Å². The number of methoxy groups -OCH3 is 1. The van der Waals surface area contributed by atoms with Gasteiger partial charge in [0.15, 0.2) is 5.58 Å². The number of carbonyl (C=O) groups is 1. The molecule has 0 spiro atoms. The zero-order valence-corrected chi connectivity index (χ0v) is 10.3. The molecule has 0 saturated carbocycles. The second-order valence-corrected chi connectivity index (χ2v) is 4.06. The van der Waals surface area contributed by atoms with E-state index in [9.17, 15) is 4.79 Å². The minimum Gasteiger partial charge on any atom is -0.465 e. The summed E-state index contributed by atoms with van der Waals surface area (Å²) in [7, 11) is 1.36. The van der Waals surface area contributed by atoms with Gasteiger partial charge in [-0.2, -0.15) is 0 Å². The van der Waals surface area contributed by atoms with E-state index in [0.29, 0.717) is 22.4 Å². The summed E-state index contributed by atoms with van der Waals surface area (Å²) in [5, 5.41) is 4.93. The Hall–Kier alpha value is -2.62. The van der Waals surface area contributed by atoms with E-state index in [-0.39, 0.29) is 5.97 Å². The lowest BCUT2D eigenvalue weighted by atomic mass is 10.0. The van der Waals surface area contributed by atoms with Crippen LogP contribution in [-0.2, 0) is 4.74 Å². The average molecular weight is 253 g/mol. The van der Waals surface area contributed by atoms with Crippen molar-refractivity contribution in [1.82, 2.24) is 5.16 Å². The van der Waals surface area contributed by atoms with Crippen LogP contribution in [0.3, 0.4) is 0 Å². The highest BCUT2D eigenvalue weighted by Crippen LogP contribution is 2.30. The maximum absolute atomic E-state index is 11.8. The second-order valence-electron chi connectivity index (χ2n) is 4.06. The topological polar surface area (TPSA) is 52.3 Å². The van der Waals surface area contributed by atoms with Gasteiger partial charge in [0, 0.05) is 10.9 Å². The first-order valence-corrected chi connectivity index (χ1v) is 5.83. The van der Waals surface area contributed by atoms with Crippen molar-refractivity contribution in [3.63, 3.8) is 0 Å². The molecular formula is C15H11NO3. The van der Waals surface area contributed by atoms with Gasteiger partial charge in [-0.3, -0.25) is 0 Å². The molecule has 0 bridgehead atoms. The van der Waals surface area contributed by atoms with Crippen LogP contribution in [0.5, 0.6) is 0 Å². The quantitative estimate of drug-likeness (QED) is 0.658. The van der Waals surface area contributed by atoms with Crippen LogP contribution in [0.25, 0.3) is 22.2 Å². The first-order chi connectivity index (χ1) is 9.31. The normalized spacial score (nSPS) is 10.6. The number of carbonyl (C=O) groups excluding carboxylic acids is 1. The highest BCUT2D eigenvalue weighted by molar-refractivity contribution is 6.01. The summed E-state index contributed by atoms with van der Waals surface area (Å²) in [6, 6.07) is 14.7. The van der Waals surface area contributed by atoms with E-state index in [1.807, 2.05) is 36.4 Å². The monoisotopic (exact) mass is 253 g/mol. The van der Waals surface area contributed by atoms with Crippen molar-refractivity contribution in [3.8, 4) is 11.3 Å². The van der Waals surface area contributed by atoms with Crippen molar-refractivity contribution in [2.24, 2.45) is 0 Å². The van der Waals surface area contributed by atoms with Crippen molar-refractivity contribution >= 4 is 16.9 Å². The van der Waals surface area contributed by atoms with Gasteiger partial charge in [-0.25, -0.2) is 4.79 Å². The predicted octanol–water partition coefficient (Wildman–Crippen LogP) is 3.28. The minimum atomic E-state index is -0.386. The number of fused-ring (bicyclic) bond motifs is 1. The molecule has 1 aromatic heterocycles. The molecule has 0 aliphatic carbocycles. The Morgan fingerprint density at radius 2 is 1.84 bits per heavy atom. The SMILES string of the molecule is COC(=O)c1ccccc1-c1noc2ccccc12. The third-order valence-corrected chi connectivity index (χ3v) is 2.96. The Kier molecular flexibility index (Phi) is 2.76. The van der Waals surface area contributed by atoms with Gasteiger partial charge >= 0.3 is 5.97 Å². The van der Waals surface area contributed by atoms with Crippen LogP contribution in [0.1, 0.15) is 10.4 Å². The van der Waals surface area contributed by atoms with E-state index in [2.05, 4.69) is 5.16 Å². The molecule has 4 heteroatoms. The fourth-order valence-corrected chi connectivity index (χ4v) is 2.06. The van der Waals surface area contributed by atoms with Gasteiger partial charge in [-0.15, -0.1) is 0 Å². The molecule has 0 atom stereocenters. The number of aromatic nitrogens is 1. The van der Waals surface area contributed by atoms with Crippen LogP contribution < -0.4 is 0 Å². The standard InChI is InChI=1S/C15H11NO3/c1-18-15(17)11-7-3-2-6-10(11)14-12-8-4-5-9-13(12)19-16-14/h2-9H,1H3. The van der Waals surface area contributed by atoms with Crippen LogP contribution in [0.15, 0.2) is 53.1 Å². The molecule has 0 unspecified atom stereocenters. The fourth-order valence-electron chi connectivity index (χ4n) is 2.06. The Balaban J connectivity index is 2.25. The van der Waals surface area contributed by atoms with E-state index in [4.69, 9.17) is 9.26 Å². The minimum absolute atomic E-state index is 0.386. The zero-order chi connectivity index (χ0) is 13.2. The maximum atomic E-state index is 11.8. The summed E-state index contributed by atoms with van der Waals surface area (Å²) < 4.78 is 10.1. The molecule has 3 rings (SSSR count). The summed E-state index contributed by atoms with van der Waals surface area (Å²) in [5.41, 5.74) is 2.53. The van der Waals surface area contributed by atoms with Gasteiger partial charge in [-0.1, -0.05) is 35.5 Å². The average Bonchev–Trinajstić information content (AvgIpc) is 2.90. The molecule has 0 amide bonds. The molecule has 0 fully saturated rings. The summed E-state index contributed by atoms with van der Waals surface area (Å²) in [5.74, 6) is -0.386. The Morgan fingerprint density at radius 1 is 1.11 bits per heavy atom. The fraction of sp³-hybridized carbons (Fsp3) is 0.0667. The largest absolute Gasteiger partial charge is 0.465 e. The number of esters is 1. The number of hydrogen-bond donors (Lipinski definition) is 0. The molecule has 0 radical (unpaired) electrons.